The van der Waals surface area contributed by atoms with Gasteiger partial charge in [0.1, 0.15) is 0 Å². The van der Waals surface area contributed by atoms with Crippen LogP contribution in [0.25, 0.3) is 0 Å². The maximum absolute atomic E-state index is 12.8. The van der Waals surface area contributed by atoms with E-state index in [9.17, 15) is 14.4 Å². The molecule has 0 bridgehead atoms. The number of carbonyl (C=O) groups is 3. The summed E-state index contributed by atoms with van der Waals surface area (Å²) in [6.07, 6.45) is 2.22. The zero-order valence-corrected chi connectivity index (χ0v) is 19.4. The van der Waals surface area contributed by atoms with Crippen LogP contribution in [0.2, 0.25) is 0 Å². The summed E-state index contributed by atoms with van der Waals surface area (Å²) in [5.74, 6) is -0.935. The van der Waals surface area contributed by atoms with Gasteiger partial charge in [-0.15, -0.1) is 10.2 Å². The van der Waals surface area contributed by atoms with Gasteiger partial charge in [0, 0.05) is 13.1 Å². The maximum Gasteiger partial charge on any atom is 0.359 e. The predicted octanol–water partition coefficient (Wildman–Crippen LogP) is 3.36. The zero-order chi connectivity index (χ0) is 24.6. The second-order valence-corrected chi connectivity index (χ2v) is 8.25. The second kappa shape index (κ2) is 11.2. The number of amides is 2. The van der Waals surface area contributed by atoms with Crippen molar-refractivity contribution in [2.45, 2.75) is 25.8 Å². The van der Waals surface area contributed by atoms with Crippen molar-refractivity contribution in [3.63, 3.8) is 0 Å². The third-order valence-electron chi connectivity index (χ3n) is 5.72. The molecule has 1 atom stereocenters. The number of nitrogens with zero attached hydrogens (tertiary/aromatic N) is 3. The summed E-state index contributed by atoms with van der Waals surface area (Å²) in [6.45, 7) is 3.20. The molecule has 2 N–H and O–H groups in total. The lowest BCUT2D eigenvalue weighted by Gasteiger charge is -2.16. The molecule has 1 unspecified atom stereocenters. The molecular formula is C26H27N5O4. The molecule has 0 saturated carbocycles. The molecule has 3 aromatic rings. The van der Waals surface area contributed by atoms with Crippen LogP contribution in [-0.2, 0) is 9.53 Å². The maximum atomic E-state index is 12.8. The van der Waals surface area contributed by atoms with E-state index in [1.165, 1.54) is 6.07 Å². The van der Waals surface area contributed by atoms with Crippen LogP contribution < -0.4 is 15.5 Å². The molecule has 1 fully saturated rings. The number of hydrogen-bond donors (Lipinski definition) is 2. The third-order valence-corrected chi connectivity index (χ3v) is 5.72. The van der Waals surface area contributed by atoms with Gasteiger partial charge in [-0.25, -0.2) is 4.79 Å². The van der Waals surface area contributed by atoms with Crippen molar-refractivity contribution < 1.29 is 19.1 Å². The van der Waals surface area contributed by atoms with Gasteiger partial charge in [-0.3, -0.25) is 9.59 Å². The fraction of sp³-hybridized carbons (Fsp3) is 0.269. The summed E-state index contributed by atoms with van der Waals surface area (Å²) in [5.41, 5.74) is 1.61. The number of benzene rings is 2. The van der Waals surface area contributed by atoms with E-state index in [0.29, 0.717) is 17.1 Å². The van der Waals surface area contributed by atoms with Gasteiger partial charge in [0.05, 0.1) is 17.3 Å². The number of anilines is 2. The van der Waals surface area contributed by atoms with Crippen LogP contribution in [0.4, 0.5) is 11.5 Å². The van der Waals surface area contributed by atoms with Gasteiger partial charge >= 0.3 is 5.97 Å². The van der Waals surface area contributed by atoms with E-state index in [2.05, 4.69) is 25.7 Å². The fourth-order valence-electron chi connectivity index (χ4n) is 3.83. The topological polar surface area (TPSA) is 114 Å². The average molecular weight is 474 g/mol. The highest BCUT2D eigenvalue weighted by molar-refractivity contribution is 6.04. The van der Waals surface area contributed by atoms with E-state index >= 15 is 0 Å². The monoisotopic (exact) mass is 473 g/mol. The first-order chi connectivity index (χ1) is 17.0. The van der Waals surface area contributed by atoms with Crippen LogP contribution >= 0.6 is 0 Å². The van der Waals surface area contributed by atoms with Gasteiger partial charge in [-0.05, 0) is 49.6 Å². The fourth-order valence-corrected chi connectivity index (χ4v) is 3.83. The molecule has 1 aliphatic rings. The Hall–Kier alpha value is -4.27. The smallest absolute Gasteiger partial charge is 0.359 e. The van der Waals surface area contributed by atoms with Crippen molar-refractivity contribution in [1.82, 2.24) is 15.5 Å². The van der Waals surface area contributed by atoms with Crippen molar-refractivity contribution in [3.05, 3.63) is 83.6 Å². The highest BCUT2D eigenvalue weighted by Crippen LogP contribution is 2.19. The summed E-state index contributed by atoms with van der Waals surface area (Å²) in [5, 5.41) is 13.6. The third kappa shape index (κ3) is 6.20. The minimum atomic E-state index is -0.747. The number of hydrogen-bond acceptors (Lipinski definition) is 7. The molecule has 180 valence electrons. The molecular weight excluding hydrogens is 446 g/mol. The number of carbonyl (C=O) groups excluding carboxylic acids is 3. The molecule has 35 heavy (non-hydrogen) atoms. The van der Waals surface area contributed by atoms with Crippen LogP contribution in [0.3, 0.4) is 0 Å². The Bertz CT molecular complexity index is 1180. The molecule has 0 spiro atoms. The number of nitrogens with one attached hydrogen (secondary N) is 2. The number of rotatable bonds is 8. The standard InChI is InChI=1S/C26H27N5O4/c1-18(19-9-3-2-4-10-19)27-25(33)20-11-5-6-12-21(20)28-24(32)17-35-26(34)22-13-14-23(30-29-22)31-15-7-8-16-31/h2-6,9-14,18H,7-8,15-17H2,1H3,(H,27,33)(H,28,32). The number of esters is 1. The zero-order valence-electron chi connectivity index (χ0n) is 19.4. The molecule has 1 saturated heterocycles. The van der Waals surface area contributed by atoms with E-state index in [1.54, 1.807) is 30.3 Å². The van der Waals surface area contributed by atoms with Crippen LogP contribution in [-0.4, -0.2) is 47.7 Å². The predicted molar refractivity (Wildman–Crippen MR) is 131 cm³/mol. The summed E-state index contributed by atoms with van der Waals surface area (Å²) >= 11 is 0. The highest BCUT2D eigenvalue weighted by atomic mass is 16.5. The Morgan fingerprint density at radius 3 is 2.37 bits per heavy atom. The Balaban J connectivity index is 1.32. The van der Waals surface area contributed by atoms with Gasteiger partial charge in [0.2, 0.25) is 0 Å². The summed E-state index contributed by atoms with van der Waals surface area (Å²) in [6, 6.07) is 19.3. The molecule has 4 rings (SSSR count). The minimum Gasteiger partial charge on any atom is -0.451 e. The van der Waals surface area contributed by atoms with Gasteiger partial charge in [-0.2, -0.15) is 0 Å². The first-order valence-corrected chi connectivity index (χ1v) is 11.5. The van der Waals surface area contributed by atoms with E-state index in [4.69, 9.17) is 4.74 Å². The number of ether oxygens (including phenoxy) is 1. The van der Waals surface area contributed by atoms with E-state index in [0.717, 1.165) is 31.5 Å². The Morgan fingerprint density at radius 1 is 0.943 bits per heavy atom. The number of aromatic nitrogens is 2. The minimum absolute atomic E-state index is 0.0235. The van der Waals surface area contributed by atoms with Crippen molar-refractivity contribution in [2.75, 3.05) is 29.9 Å². The number of para-hydroxylation sites is 1. The van der Waals surface area contributed by atoms with Gasteiger partial charge in [-0.1, -0.05) is 42.5 Å². The highest BCUT2D eigenvalue weighted by Gasteiger charge is 2.19. The lowest BCUT2D eigenvalue weighted by molar-refractivity contribution is -0.119. The van der Waals surface area contributed by atoms with E-state index < -0.39 is 18.5 Å². The molecule has 9 nitrogen and oxygen atoms in total. The Kier molecular flexibility index (Phi) is 7.67. The van der Waals surface area contributed by atoms with Crippen LogP contribution in [0.5, 0.6) is 0 Å². The largest absolute Gasteiger partial charge is 0.451 e. The van der Waals surface area contributed by atoms with Crippen molar-refractivity contribution in [2.24, 2.45) is 0 Å². The van der Waals surface area contributed by atoms with Crippen molar-refractivity contribution >= 4 is 29.3 Å². The lowest BCUT2D eigenvalue weighted by Crippen LogP contribution is -2.28. The lowest BCUT2D eigenvalue weighted by atomic mass is 10.1. The molecule has 2 aromatic carbocycles. The SMILES string of the molecule is CC(NC(=O)c1ccccc1NC(=O)COC(=O)c1ccc(N2CCCC2)nn1)c1ccccc1. The van der Waals surface area contributed by atoms with Crippen molar-refractivity contribution in [1.29, 1.82) is 0 Å². The van der Waals surface area contributed by atoms with Gasteiger partial charge < -0.3 is 20.3 Å². The van der Waals surface area contributed by atoms with E-state index in [-0.39, 0.29) is 17.6 Å². The second-order valence-electron chi connectivity index (χ2n) is 8.25. The Labute approximate surface area is 203 Å². The van der Waals surface area contributed by atoms with Gasteiger partial charge in [0.15, 0.2) is 18.1 Å². The first-order valence-electron chi connectivity index (χ1n) is 11.5. The van der Waals surface area contributed by atoms with Crippen LogP contribution in [0, 0.1) is 0 Å². The molecule has 1 aliphatic heterocycles. The van der Waals surface area contributed by atoms with Crippen LogP contribution in [0.1, 0.15) is 52.2 Å². The summed E-state index contributed by atoms with van der Waals surface area (Å²) in [4.78, 5) is 39.7. The molecule has 9 heteroatoms. The first kappa shape index (κ1) is 23.9. The molecule has 0 aliphatic carbocycles. The van der Waals surface area contributed by atoms with Gasteiger partial charge in [0.25, 0.3) is 11.8 Å². The summed E-state index contributed by atoms with van der Waals surface area (Å²) in [7, 11) is 0. The molecule has 2 amide bonds. The quantitative estimate of drug-likeness (QED) is 0.482. The normalized spacial score (nSPS) is 13.7. The molecule has 2 heterocycles. The van der Waals surface area contributed by atoms with E-state index in [1.807, 2.05) is 37.3 Å². The van der Waals surface area contributed by atoms with Crippen molar-refractivity contribution in [3.8, 4) is 0 Å². The summed E-state index contributed by atoms with van der Waals surface area (Å²) < 4.78 is 5.08. The molecule has 1 aromatic heterocycles. The molecule has 0 radical (unpaired) electrons. The average Bonchev–Trinajstić information content (AvgIpc) is 3.43. The Morgan fingerprint density at radius 2 is 1.66 bits per heavy atom. The van der Waals surface area contributed by atoms with Crippen LogP contribution in [0.15, 0.2) is 66.7 Å².